The minimum absolute atomic E-state index is 0. The van der Waals surface area contributed by atoms with Crippen LogP contribution in [0, 0.1) is 0 Å². The number of likely N-dealkylation sites (N-methyl/N-ethyl adjacent to an activating group) is 1. The molecule has 3 rings (SSSR count). The van der Waals surface area contributed by atoms with Gasteiger partial charge < -0.3 is 4.90 Å². The van der Waals surface area contributed by atoms with Gasteiger partial charge in [-0.05, 0) is 65.3 Å². The van der Waals surface area contributed by atoms with Gasteiger partial charge in [0.05, 0.1) is 18.9 Å². The zero-order valence-corrected chi connectivity index (χ0v) is 20.3. The molecule has 0 atom stereocenters. The number of carbonyl (C=O) groups excluding carboxylic acids is 1. The minimum Gasteiger partial charge on any atom is -0.302 e. The third-order valence-corrected chi connectivity index (χ3v) is 7.30. The second kappa shape index (κ2) is 10.7. The molecule has 2 aromatic heterocycles. The van der Waals surface area contributed by atoms with Gasteiger partial charge in [0, 0.05) is 13.1 Å². The summed E-state index contributed by atoms with van der Waals surface area (Å²) < 4.78 is 2.10. The molecule has 0 saturated heterocycles. The molecule has 0 aliphatic heterocycles. The third kappa shape index (κ3) is 5.33. The highest BCUT2D eigenvalue weighted by Crippen LogP contribution is 2.32. The molecular weight excluding hydrogens is 478 g/mol. The number of nitrogens with zero attached hydrogens (tertiary/aromatic N) is 3. The SMILES string of the molecule is CCc1ccc2nc(N(CCN(CC)CC)C(=O)c3ccc(Br)s3)sc2c1.Cl. The van der Waals surface area contributed by atoms with Gasteiger partial charge in [0.2, 0.25) is 0 Å². The Hall–Kier alpha value is -0.990. The van der Waals surface area contributed by atoms with Crippen molar-refractivity contribution in [1.82, 2.24) is 9.88 Å². The molecule has 0 spiro atoms. The van der Waals surface area contributed by atoms with E-state index < -0.39 is 0 Å². The molecule has 1 amide bonds. The maximum Gasteiger partial charge on any atom is 0.270 e. The number of hydrogen-bond acceptors (Lipinski definition) is 5. The average Bonchev–Trinajstić information content (AvgIpc) is 3.30. The lowest BCUT2D eigenvalue weighted by Crippen LogP contribution is -2.38. The lowest BCUT2D eigenvalue weighted by atomic mass is 10.2. The monoisotopic (exact) mass is 501 g/mol. The van der Waals surface area contributed by atoms with E-state index in [9.17, 15) is 4.79 Å². The van der Waals surface area contributed by atoms with Gasteiger partial charge in [-0.1, -0.05) is 38.2 Å². The van der Waals surface area contributed by atoms with Crippen molar-refractivity contribution in [3.05, 3.63) is 44.6 Å². The van der Waals surface area contributed by atoms with Crippen molar-refractivity contribution in [2.75, 3.05) is 31.1 Å². The molecule has 152 valence electrons. The summed E-state index contributed by atoms with van der Waals surface area (Å²) in [6.07, 6.45) is 0.997. The lowest BCUT2D eigenvalue weighted by Gasteiger charge is -2.24. The van der Waals surface area contributed by atoms with Gasteiger partial charge in [-0.15, -0.1) is 23.7 Å². The summed E-state index contributed by atoms with van der Waals surface area (Å²) in [6, 6.07) is 10.2. The Labute approximate surface area is 189 Å². The highest BCUT2D eigenvalue weighted by molar-refractivity contribution is 9.11. The lowest BCUT2D eigenvalue weighted by molar-refractivity contribution is 0.0987. The molecule has 0 bridgehead atoms. The maximum absolute atomic E-state index is 13.2. The van der Waals surface area contributed by atoms with E-state index in [4.69, 9.17) is 4.98 Å². The molecule has 4 nitrogen and oxygen atoms in total. The molecule has 0 saturated carbocycles. The summed E-state index contributed by atoms with van der Waals surface area (Å²) in [7, 11) is 0. The molecule has 0 unspecified atom stereocenters. The van der Waals surface area contributed by atoms with E-state index in [1.165, 1.54) is 16.9 Å². The number of hydrogen-bond donors (Lipinski definition) is 0. The quantitative estimate of drug-likeness (QED) is 0.374. The van der Waals surface area contributed by atoms with Crippen molar-refractivity contribution in [2.45, 2.75) is 27.2 Å². The summed E-state index contributed by atoms with van der Waals surface area (Å²) in [5, 5.41) is 0.778. The number of anilines is 1. The van der Waals surface area contributed by atoms with Gasteiger partial charge in [0.1, 0.15) is 0 Å². The summed E-state index contributed by atoms with van der Waals surface area (Å²) >= 11 is 6.53. The van der Waals surface area contributed by atoms with E-state index in [0.29, 0.717) is 6.54 Å². The van der Waals surface area contributed by atoms with Gasteiger partial charge in [-0.2, -0.15) is 0 Å². The minimum atomic E-state index is 0. The van der Waals surface area contributed by atoms with Gasteiger partial charge >= 0.3 is 0 Å². The summed E-state index contributed by atoms with van der Waals surface area (Å²) in [5.41, 5.74) is 2.25. The second-order valence-corrected chi connectivity index (χ2v) is 9.71. The van der Waals surface area contributed by atoms with Crippen LogP contribution in [0.1, 0.15) is 36.0 Å². The molecule has 0 fully saturated rings. The highest BCUT2D eigenvalue weighted by atomic mass is 79.9. The highest BCUT2D eigenvalue weighted by Gasteiger charge is 2.23. The van der Waals surface area contributed by atoms with Crippen molar-refractivity contribution in [3.8, 4) is 0 Å². The van der Waals surface area contributed by atoms with Crippen LogP contribution < -0.4 is 4.90 Å². The molecule has 28 heavy (non-hydrogen) atoms. The summed E-state index contributed by atoms with van der Waals surface area (Å²) in [6.45, 7) is 9.87. The van der Waals surface area contributed by atoms with Gasteiger partial charge in [0.15, 0.2) is 5.13 Å². The Bertz CT molecular complexity index is 923. The van der Waals surface area contributed by atoms with E-state index in [1.54, 1.807) is 11.3 Å². The van der Waals surface area contributed by atoms with Crippen LogP contribution >= 0.6 is 51.0 Å². The zero-order chi connectivity index (χ0) is 19.4. The standard InChI is InChI=1S/C20H24BrN3OS2.ClH/c1-4-14-7-8-15-17(13-14)27-20(22-15)24(12-11-23(5-2)6-3)19(25)16-9-10-18(21)26-16;/h7-10,13H,4-6,11-12H2,1-3H3;1H. The van der Waals surface area contributed by atoms with Crippen LogP contribution in [-0.4, -0.2) is 42.0 Å². The van der Waals surface area contributed by atoms with Crippen LogP contribution in [0.4, 0.5) is 5.13 Å². The number of rotatable bonds is 8. The van der Waals surface area contributed by atoms with Crippen molar-refractivity contribution >= 4 is 72.3 Å². The molecule has 1 aromatic carbocycles. The molecule has 2 heterocycles. The van der Waals surface area contributed by atoms with Crippen LogP contribution in [0.25, 0.3) is 10.2 Å². The van der Waals surface area contributed by atoms with Crippen molar-refractivity contribution < 1.29 is 4.79 Å². The van der Waals surface area contributed by atoms with Gasteiger partial charge in [-0.3, -0.25) is 9.69 Å². The largest absolute Gasteiger partial charge is 0.302 e. The van der Waals surface area contributed by atoms with E-state index in [-0.39, 0.29) is 18.3 Å². The van der Waals surface area contributed by atoms with Crippen molar-refractivity contribution in [3.63, 3.8) is 0 Å². The normalized spacial score (nSPS) is 11.0. The Kier molecular flexibility index (Phi) is 8.89. The Morgan fingerprint density at radius 3 is 2.43 bits per heavy atom. The molecular formula is C20H25BrClN3OS2. The van der Waals surface area contributed by atoms with E-state index >= 15 is 0 Å². The molecule has 0 radical (unpaired) electrons. The smallest absolute Gasteiger partial charge is 0.270 e. The average molecular weight is 503 g/mol. The first-order valence-electron chi connectivity index (χ1n) is 9.24. The first-order chi connectivity index (χ1) is 13.0. The van der Waals surface area contributed by atoms with Crippen molar-refractivity contribution in [2.24, 2.45) is 0 Å². The van der Waals surface area contributed by atoms with Crippen LogP contribution in [0.15, 0.2) is 34.1 Å². The van der Waals surface area contributed by atoms with Crippen LogP contribution in [0.2, 0.25) is 0 Å². The number of amides is 1. The topological polar surface area (TPSA) is 36.4 Å². The Balaban J connectivity index is 0.00000280. The molecule has 0 N–H and O–H groups in total. The Morgan fingerprint density at radius 1 is 1.07 bits per heavy atom. The number of aryl methyl sites for hydroxylation is 1. The summed E-state index contributed by atoms with van der Waals surface area (Å²) in [4.78, 5) is 22.9. The van der Waals surface area contributed by atoms with Crippen LogP contribution in [0.3, 0.4) is 0 Å². The zero-order valence-electron chi connectivity index (χ0n) is 16.3. The first-order valence-corrected chi connectivity index (χ1v) is 11.7. The van der Waals surface area contributed by atoms with E-state index in [2.05, 4.69) is 59.8 Å². The maximum atomic E-state index is 13.2. The van der Waals surface area contributed by atoms with Crippen molar-refractivity contribution in [1.29, 1.82) is 0 Å². The van der Waals surface area contributed by atoms with E-state index in [0.717, 1.165) is 50.1 Å². The second-order valence-electron chi connectivity index (χ2n) is 6.24. The number of thiophene rings is 1. The van der Waals surface area contributed by atoms with Gasteiger partial charge in [0.25, 0.3) is 5.91 Å². The number of carbonyl (C=O) groups is 1. The first kappa shape index (κ1) is 23.3. The molecule has 0 aliphatic rings. The fourth-order valence-electron chi connectivity index (χ4n) is 2.92. The fourth-order valence-corrected chi connectivity index (χ4v) is 5.31. The molecule has 8 heteroatoms. The van der Waals surface area contributed by atoms with Gasteiger partial charge in [-0.25, -0.2) is 4.98 Å². The number of benzene rings is 1. The third-order valence-electron chi connectivity index (χ3n) is 4.64. The summed E-state index contributed by atoms with van der Waals surface area (Å²) in [5.74, 6) is 0.0210. The number of fused-ring (bicyclic) bond motifs is 1. The fraction of sp³-hybridized carbons (Fsp3) is 0.400. The number of halogens is 2. The Morgan fingerprint density at radius 2 is 1.82 bits per heavy atom. The molecule has 3 aromatic rings. The number of thiazole rings is 1. The predicted octanol–water partition coefficient (Wildman–Crippen LogP) is 6.09. The van der Waals surface area contributed by atoms with Crippen LogP contribution in [-0.2, 0) is 6.42 Å². The molecule has 0 aliphatic carbocycles. The van der Waals surface area contributed by atoms with Crippen LogP contribution in [0.5, 0.6) is 0 Å². The number of aromatic nitrogens is 1. The predicted molar refractivity (Wildman–Crippen MR) is 128 cm³/mol. The van der Waals surface area contributed by atoms with E-state index in [1.807, 2.05) is 17.0 Å².